The van der Waals surface area contributed by atoms with Gasteiger partial charge in [-0.25, -0.2) is 4.39 Å². The molecule has 0 atom stereocenters. The van der Waals surface area contributed by atoms with Crippen LogP contribution in [-0.4, -0.2) is 10.7 Å². The van der Waals surface area contributed by atoms with Crippen LogP contribution in [0, 0.1) is 34.7 Å². The number of nitro groups is 1. The van der Waals surface area contributed by atoms with Crippen molar-refractivity contribution in [2.45, 2.75) is 6.92 Å². The molecule has 0 heterocycles. The van der Waals surface area contributed by atoms with Gasteiger partial charge in [0.2, 0.25) is 0 Å². The second-order valence-electron chi connectivity index (χ2n) is 2.84. The fraction of sp³-hybridized carbons (Fsp3) is 0.200. The van der Waals surface area contributed by atoms with E-state index in [-0.39, 0.29) is 22.6 Å². The molecule has 0 spiro atoms. The molecule has 0 bridgehead atoms. The van der Waals surface area contributed by atoms with Gasteiger partial charge in [-0.3, -0.25) is 10.1 Å². The maximum Gasteiger partial charge on any atom is 0.273 e. The molecule has 0 radical (unpaired) electrons. The van der Waals surface area contributed by atoms with E-state index in [0.29, 0.717) is 0 Å². The molecule has 0 saturated carbocycles. The van der Waals surface area contributed by atoms with Crippen molar-refractivity contribution in [3.63, 3.8) is 0 Å². The molecule has 1 aromatic carbocycles. The molecule has 0 aromatic heterocycles. The van der Waals surface area contributed by atoms with Gasteiger partial charge in [0, 0.05) is 11.6 Å². The molecule has 5 heteroatoms. The summed E-state index contributed by atoms with van der Waals surface area (Å²) in [5.74, 6) is 4.75. The predicted octanol–water partition coefficient (Wildman–Crippen LogP) is 2.32. The second kappa shape index (κ2) is 4.80. The van der Waals surface area contributed by atoms with Crippen LogP contribution in [-0.2, 0) is 0 Å². The van der Waals surface area contributed by atoms with E-state index in [2.05, 4.69) is 24.5 Å². The Labute approximate surface area is 91.9 Å². The standard InChI is InChI=1S/C10H8FNO2S/c1-7-5-9(11)8(3-2-4-15)6-10(7)12(13)14/h5-6,15H,4H2,1H3. The molecule has 3 nitrogen and oxygen atoms in total. The molecule has 0 unspecified atom stereocenters. The average molecular weight is 225 g/mol. The number of hydrogen-bond donors (Lipinski definition) is 1. The Balaban J connectivity index is 3.29. The van der Waals surface area contributed by atoms with E-state index in [1.165, 1.54) is 6.92 Å². The molecule has 0 aliphatic carbocycles. The van der Waals surface area contributed by atoms with Crippen LogP contribution in [0.5, 0.6) is 0 Å². The number of nitro benzene ring substituents is 1. The fourth-order valence-corrected chi connectivity index (χ4v) is 1.17. The Hall–Kier alpha value is -1.54. The molecule has 0 saturated heterocycles. The Bertz CT molecular complexity index is 462. The lowest BCUT2D eigenvalue weighted by Gasteiger charge is -1.99. The minimum absolute atomic E-state index is 0.0290. The fourth-order valence-electron chi connectivity index (χ4n) is 1.09. The molecule has 1 rings (SSSR count). The highest BCUT2D eigenvalue weighted by Crippen LogP contribution is 2.21. The summed E-state index contributed by atoms with van der Waals surface area (Å²) >= 11 is 3.84. The summed E-state index contributed by atoms with van der Waals surface area (Å²) < 4.78 is 13.3. The summed E-state index contributed by atoms with van der Waals surface area (Å²) in [5.41, 5.74) is 0.190. The third kappa shape index (κ3) is 2.70. The first kappa shape index (κ1) is 11.5. The minimum atomic E-state index is -0.555. The molecule has 0 amide bonds. The van der Waals surface area contributed by atoms with Crippen LogP contribution in [0.2, 0.25) is 0 Å². The number of aryl methyl sites for hydroxylation is 1. The van der Waals surface area contributed by atoms with Gasteiger partial charge in [0.05, 0.1) is 16.2 Å². The van der Waals surface area contributed by atoms with Crippen molar-refractivity contribution in [2.75, 3.05) is 5.75 Å². The Kier molecular flexibility index (Phi) is 3.69. The lowest BCUT2D eigenvalue weighted by atomic mass is 10.1. The smallest absolute Gasteiger partial charge is 0.258 e. The summed E-state index contributed by atoms with van der Waals surface area (Å²) in [6, 6.07) is 2.25. The van der Waals surface area contributed by atoms with Gasteiger partial charge in [-0.15, -0.1) is 0 Å². The van der Waals surface area contributed by atoms with Crippen molar-refractivity contribution >= 4 is 18.3 Å². The number of halogens is 1. The third-order valence-corrected chi connectivity index (χ3v) is 1.94. The SMILES string of the molecule is Cc1cc(F)c(C#CCS)cc1[N+](=O)[O-]. The Morgan fingerprint density at radius 1 is 1.60 bits per heavy atom. The first-order chi connectivity index (χ1) is 7.06. The summed E-state index contributed by atoms with van der Waals surface area (Å²) in [4.78, 5) is 10.0. The Morgan fingerprint density at radius 3 is 2.80 bits per heavy atom. The van der Waals surface area contributed by atoms with Crippen LogP contribution in [0.3, 0.4) is 0 Å². The molecular formula is C10H8FNO2S. The van der Waals surface area contributed by atoms with Crippen LogP contribution in [0.25, 0.3) is 0 Å². The topological polar surface area (TPSA) is 43.1 Å². The van der Waals surface area contributed by atoms with Crippen LogP contribution < -0.4 is 0 Å². The van der Waals surface area contributed by atoms with Gasteiger partial charge in [-0.2, -0.15) is 12.6 Å². The summed E-state index contributed by atoms with van der Waals surface area (Å²) in [5, 5.41) is 10.6. The summed E-state index contributed by atoms with van der Waals surface area (Å²) in [6.07, 6.45) is 0. The van der Waals surface area contributed by atoms with Gasteiger partial charge in [0.25, 0.3) is 5.69 Å². The molecule has 0 aliphatic heterocycles. The highest BCUT2D eigenvalue weighted by atomic mass is 32.1. The van der Waals surface area contributed by atoms with Gasteiger partial charge in [-0.05, 0) is 13.0 Å². The first-order valence-corrected chi connectivity index (χ1v) is 4.73. The van der Waals surface area contributed by atoms with E-state index in [9.17, 15) is 14.5 Å². The van der Waals surface area contributed by atoms with Gasteiger partial charge in [0.15, 0.2) is 0 Å². The number of benzene rings is 1. The zero-order valence-corrected chi connectivity index (χ0v) is 8.85. The summed E-state index contributed by atoms with van der Waals surface area (Å²) in [6.45, 7) is 1.48. The lowest BCUT2D eigenvalue weighted by Crippen LogP contribution is -1.95. The normalized spacial score (nSPS) is 9.27. The highest BCUT2D eigenvalue weighted by molar-refractivity contribution is 7.80. The van der Waals surface area contributed by atoms with E-state index in [0.717, 1.165) is 12.1 Å². The third-order valence-electron chi connectivity index (χ3n) is 1.78. The lowest BCUT2D eigenvalue weighted by molar-refractivity contribution is -0.385. The average Bonchev–Trinajstić information content (AvgIpc) is 2.16. The van der Waals surface area contributed by atoms with Gasteiger partial charge < -0.3 is 0 Å². The quantitative estimate of drug-likeness (QED) is 0.345. The van der Waals surface area contributed by atoms with Crippen molar-refractivity contribution in [1.29, 1.82) is 0 Å². The van der Waals surface area contributed by atoms with Crippen LogP contribution in [0.15, 0.2) is 12.1 Å². The number of rotatable bonds is 1. The van der Waals surface area contributed by atoms with Crippen molar-refractivity contribution in [2.24, 2.45) is 0 Å². The zero-order valence-electron chi connectivity index (χ0n) is 7.95. The van der Waals surface area contributed by atoms with E-state index < -0.39 is 10.7 Å². The van der Waals surface area contributed by atoms with Crippen LogP contribution in [0.4, 0.5) is 10.1 Å². The first-order valence-electron chi connectivity index (χ1n) is 4.10. The molecule has 0 fully saturated rings. The molecule has 1 aromatic rings. The van der Waals surface area contributed by atoms with Crippen molar-refractivity contribution in [3.05, 3.63) is 39.2 Å². The van der Waals surface area contributed by atoms with Crippen molar-refractivity contribution < 1.29 is 9.31 Å². The highest BCUT2D eigenvalue weighted by Gasteiger charge is 2.14. The molecular weight excluding hydrogens is 217 g/mol. The molecule has 0 aliphatic rings. The minimum Gasteiger partial charge on any atom is -0.258 e. The van der Waals surface area contributed by atoms with Crippen molar-refractivity contribution in [1.82, 2.24) is 0 Å². The second-order valence-corrected chi connectivity index (χ2v) is 3.15. The molecule has 15 heavy (non-hydrogen) atoms. The van der Waals surface area contributed by atoms with E-state index >= 15 is 0 Å². The van der Waals surface area contributed by atoms with Crippen molar-refractivity contribution in [3.8, 4) is 11.8 Å². The maximum atomic E-state index is 13.3. The van der Waals surface area contributed by atoms with Crippen LogP contribution in [0.1, 0.15) is 11.1 Å². The monoisotopic (exact) mass is 225 g/mol. The van der Waals surface area contributed by atoms with Gasteiger partial charge in [-0.1, -0.05) is 11.8 Å². The maximum absolute atomic E-state index is 13.3. The number of hydrogen-bond acceptors (Lipinski definition) is 3. The van der Waals surface area contributed by atoms with E-state index in [1.54, 1.807) is 0 Å². The van der Waals surface area contributed by atoms with Gasteiger partial charge >= 0.3 is 0 Å². The van der Waals surface area contributed by atoms with E-state index in [1.807, 2.05) is 0 Å². The zero-order chi connectivity index (χ0) is 11.4. The predicted molar refractivity (Wildman–Crippen MR) is 58.5 cm³/mol. The molecule has 78 valence electrons. The Morgan fingerprint density at radius 2 is 2.27 bits per heavy atom. The number of thiol groups is 1. The van der Waals surface area contributed by atoms with E-state index in [4.69, 9.17) is 0 Å². The molecule has 0 N–H and O–H groups in total. The van der Waals surface area contributed by atoms with Gasteiger partial charge in [0.1, 0.15) is 5.82 Å². The summed E-state index contributed by atoms with van der Waals surface area (Å²) in [7, 11) is 0. The number of nitrogens with zero attached hydrogens (tertiary/aromatic N) is 1. The largest absolute Gasteiger partial charge is 0.273 e. The van der Waals surface area contributed by atoms with Crippen LogP contribution >= 0.6 is 12.6 Å².